The number of ether oxygens (including phenoxy) is 2. The lowest BCUT2D eigenvalue weighted by atomic mass is 10.0. The quantitative estimate of drug-likeness (QED) is 0.916. The fourth-order valence-electron chi connectivity index (χ4n) is 2.32. The smallest absolute Gasteiger partial charge is 0.128 e. The van der Waals surface area contributed by atoms with Gasteiger partial charge in [-0.25, -0.2) is 0 Å². The van der Waals surface area contributed by atoms with E-state index in [4.69, 9.17) is 15.2 Å². The molecule has 0 saturated carbocycles. The van der Waals surface area contributed by atoms with Crippen molar-refractivity contribution in [3.63, 3.8) is 0 Å². The molecule has 0 spiro atoms. The zero-order valence-corrected chi connectivity index (χ0v) is 10.7. The zero-order chi connectivity index (χ0) is 13.1. The van der Waals surface area contributed by atoms with Crippen LogP contribution in [0.2, 0.25) is 0 Å². The van der Waals surface area contributed by atoms with Gasteiger partial charge in [-0.2, -0.15) is 0 Å². The molecule has 0 aromatic heterocycles. The lowest BCUT2D eigenvalue weighted by Gasteiger charge is -2.25. The van der Waals surface area contributed by atoms with Gasteiger partial charge in [0.2, 0.25) is 0 Å². The minimum absolute atomic E-state index is 0.00396. The maximum absolute atomic E-state index is 6.16. The van der Waals surface area contributed by atoms with Gasteiger partial charge < -0.3 is 15.2 Å². The van der Waals surface area contributed by atoms with E-state index in [0.717, 1.165) is 29.0 Å². The predicted molar refractivity (Wildman–Crippen MR) is 74.3 cm³/mol. The largest absolute Gasteiger partial charge is 0.493 e. The van der Waals surface area contributed by atoms with Gasteiger partial charge in [0.1, 0.15) is 18.1 Å². The summed E-state index contributed by atoms with van der Waals surface area (Å²) in [6.07, 6.45) is 0.832. The van der Waals surface area contributed by atoms with E-state index in [2.05, 4.69) is 0 Å². The summed E-state index contributed by atoms with van der Waals surface area (Å²) in [5, 5.41) is 0. The van der Waals surface area contributed by atoms with Gasteiger partial charge in [-0.05, 0) is 17.7 Å². The van der Waals surface area contributed by atoms with E-state index in [1.807, 2.05) is 48.5 Å². The molecule has 0 unspecified atom stereocenters. The van der Waals surface area contributed by atoms with E-state index in [-0.39, 0.29) is 6.04 Å². The first-order valence-electron chi connectivity index (χ1n) is 6.52. The van der Waals surface area contributed by atoms with Crippen LogP contribution in [-0.2, 0) is 6.61 Å². The second-order valence-corrected chi connectivity index (χ2v) is 4.69. The number of hydrogen-bond acceptors (Lipinski definition) is 3. The van der Waals surface area contributed by atoms with Gasteiger partial charge in [0.15, 0.2) is 0 Å². The Bertz CT molecular complexity index is 554. The maximum Gasteiger partial charge on any atom is 0.128 e. The highest BCUT2D eigenvalue weighted by Gasteiger charge is 2.22. The van der Waals surface area contributed by atoms with E-state index in [1.54, 1.807) is 0 Å². The highest BCUT2D eigenvalue weighted by molar-refractivity contribution is 5.47. The van der Waals surface area contributed by atoms with Crippen LogP contribution >= 0.6 is 0 Å². The predicted octanol–water partition coefficient (Wildman–Crippen LogP) is 3.05. The molecule has 1 atom stereocenters. The molecular formula is C16H17NO2. The molecule has 2 aromatic carbocycles. The summed E-state index contributed by atoms with van der Waals surface area (Å²) in [5.74, 6) is 1.68. The van der Waals surface area contributed by atoms with E-state index in [1.165, 1.54) is 0 Å². The van der Waals surface area contributed by atoms with E-state index < -0.39 is 0 Å². The zero-order valence-electron chi connectivity index (χ0n) is 10.7. The Morgan fingerprint density at radius 3 is 2.79 bits per heavy atom. The number of rotatable bonds is 3. The van der Waals surface area contributed by atoms with Crippen LogP contribution in [0.3, 0.4) is 0 Å². The molecule has 2 N–H and O–H groups in total. The molecule has 0 bridgehead atoms. The van der Waals surface area contributed by atoms with Crippen LogP contribution in [0.25, 0.3) is 0 Å². The van der Waals surface area contributed by atoms with Gasteiger partial charge in [-0.1, -0.05) is 36.4 Å². The van der Waals surface area contributed by atoms with Gasteiger partial charge in [-0.3, -0.25) is 0 Å². The summed E-state index contributed by atoms with van der Waals surface area (Å²) in [7, 11) is 0. The van der Waals surface area contributed by atoms with Crippen LogP contribution in [-0.4, -0.2) is 6.61 Å². The third-order valence-electron chi connectivity index (χ3n) is 3.32. The van der Waals surface area contributed by atoms with Crippen molar-refractivity contribution >= 4 is 0 Å². The Hall–Kier alpha value is -2.00. The van der Waals surface area contributed by atoms with Gasteiger partial charge in [0, 0.05) is 12.5 Å². The normalized spacial score (nSPS) is 17.4. The Kier molecular flexibility index (Phi) is 3.38. The third kappa shape index (κ3) is 2.56. The summed E-state index contributed by atoms with van der Waals surface area (Å²) in [5.41, 5.74) is 8.29. The Morgan fingerprint density at radius 2 is 1.95 bits per heavy atom. The van der Waals surface area contributed by atoms with Crippen LogP contribution in [0.4, 0.5) is 0 Å². The van der Waals surface area contributed by atoms with E-state index >= 15 is 0 Å². The van der Waals surface area contributed by atoms with Crippen molar-refractivity contribution in [2.75, 3.05) is 6.61 Å². The molecule has 19 heavy (non-hydrogen) atoms. The van der Waals surface area contributed by atoms with Crippen molar-refractivity contribution in [2.24, 2.45) is 5.73 Å². The molecule has 3 heteroatoms. The number of nitrogens with two attached hydrogens (primary N) is 1. The monoisotopic (exact) mass is 255 g/mol. The Balaban J connectivity index is 1.82. The molecule has 0 saturated heterocycles. The maximum atomic E-state index is 6.16. The summed E-state index contributed by atoms with van der Waals surface area (Å²) in [6.45, 7) is 1.22. The van der Waals surface area contributed by atoms with E-state index in [9.17, 15) is 0 Å². The van der Waals surface area contributed by atoms with E-state index in [0.29, 0.717) is 13.2 Å². The number of hydrogen-bond donors (Lipinski definition) is 1. The van der Waals surface area contributed by atoms with Gasteiger partial charge in [0.25, 0.3) is 0 Å². The highest BCUT2D eigenvalue weighted by Crippen LogP contribution is 2.37. The summed E-state index contributed by atoms with van der Waals surface area (Å²) < 4.78 is 11.5. The molecule has 0 aliphatic carbocycles. The molecule has 1 aliphatic rings. The SMILES string of the molecule is N[C@H]1CCOc2cccc(OCc3ccccc3)c21. The fourth-order valence-corrected chi connectivity index (χ4v) is 2.32. The van der Waals surface area contributed by atoms with Crippen molar-refractivity contribution in [2.45, 2.75) is 19.1 Å². The Labute approximate surface area is 113 Å². The van der Waals surface area contributed by atoms with Crippen molar-refractivity contribution < 1.29 is 9.47 Å². The summed E-state index contributed by atoms with van der Waals surface area (Å²) >= 11 is 0. The first-order chi connectivity index (χ1) is 9.34. The molecule has 3 nitrogen and oxygen atoms in total. The minimum Gasteiger partial charge on any atom is -0.493 e. The second-order valence-electron chi connectivity index (χ2n) is 4.69. The standard InChI is InChI=1S/C16H17NO2/c17-13-9-10-18-14-7-4-8-15(16(13)14)19-11-12-5-2-1-3-6-12/h1-8,13H,9-11,17H2/t13-/m0/s1. The number of benzene rings is 2. The lowest BCUT2D eigenvalue weighted by Crippen LogP contribution is -2.21. The number of fused-ring (bicyclic) bond motifs is 1. The second kappa shape index (κ2) is 5.33. The van der Waals surface area contributed by atoms with Crippen molar-refractivity contribution in [1.29, 1.82) is 0 Å². The molecule has 3 rings (SSSR count). The van der Waals surface area contributed by atoms with Gasteiger partial charge in [0.05, 0.1) is 12.2 Å². The molecule has 0 amide bonds. The first kappa shape index (κ1) is 12.1. The molecule has 98 valence electrons. The van der Waals surface area contributed by atoms with Crippen LogP contribution < -0.4 is 15.2 Å². The topological polar surface area (TPSA) is 44.5 Å². The van der Waals surface area contributed by atoms with Gasteiger partial charge in [-0.15, -0.1) is 0 Å². The average Bonchev–Trinajstić information content (AvgIpc) is 2.46. The summed E-state index contributed by atoms with van der Waals surface area (Å²) in [4.78, 5) is 0. The fraction of sp³-hybridized carbons (Fsp3) is 0.250. The van der Waals surface area contributed by atoms with Gasteiger partial charge >= 0.3 is 0 Å². The lowest BCUT2D eigenvalue weighted by molar-refractivity contribution is 0.251. The van der Waals surface area contributed by atoms with Crippen molar-refractivity contribution in [3.8, 4) is 11.5 Å². The minimum atomic E-state index is -0.00396. The van der Waals surface area contributed by atoms with Crippen molar-refractivity contribution in [3.05, 3.63) is 59.7 Å². The third-order valence-corrected chi connectivity index (χ3v) is 3.32. The molecule has 0 fully saturated rings. The molecule has 0 radical (unpaired) electrons. The van der Waals surface area contributed by atoms with Crippen LogP contribution in [0.15, 0.2) is 48.5 Å². The van der Waals surface area contributed by atoms with Crippen LogP contribution in [0.1, 0.15) is 23.6 Å². The first-order valence-corrected chi connectivity index (χ1v) is 6.52. The highest BCUT2D eigenvalue weighted by atomic mass is 16.5. The van der Waals surface area contributed by atoms with Crippen molar-refractivity contribution in [1.82, 2.24) is 0 Å². The molecular weight excluding hydrogens is 238 g/mol. The summed E-state index contributed by atoms with van der Waals surface area (Å²) in [6, 6.07) is 15.9. The van der Waals surface area contributed by atoms with Crippen LogP contribution in [0.5, 0.6) is 11.5 Å². The molecule has 1 heterocycles. The van der Waals surface area contributed by atoms with Crippen LogP contribution in [0, 0.1) is 0 Å². The molecule has 1 aliphatic heterocycles. The molecule has 2 aromatic rings. The average molecular weight is 255 g/mol. The Morgan fingerprint density at radius 1 is 1.11 bits per heavy atom.